The van der Waals surface area contributed by atoms with Crippen molar-refractivity contribution in [3.63, 3.8) is 0 Å². The van der Waals surface area contributed by atoms with Gasteiger partial charge in [-0.2, -0.15) is 0 Å². The predicted molar refractivity (Wildman–Crippen MR) is 78.9 cm³/mol. The van der Waals surface area contributed by atoms with Crippen LogP contribution in [-0.4, -0.2) is 38.6 Å². The highest BCUT2D eigenvalue weighted by molar-refractivity contribution is 5.36. The van der Waals surface area contributed by atoms with Crippen molar-refractivity contribution in [1.82, 2.24) is 19.5 Å². The summed E-state index contributed by atoms with van der Waals surface area (Å²) in [6, 6.07) is 5.78. The third kappa shape index (κ3) is 2.63. The quantitative estimate of drug-likeness (QED) is 0.926. The highest BCUT2D eigenvalue weighted by Crippen LogP contribution is 2.21. The number of hydrogen-bond donors (Lipinski definition) is 1. The molecule has 1 aliphatic heterocycles. The number of fused-ring (bicyclic) bond motifs is 1. The fourth-order valence-corrected chi connectivity index (χ4v) is 3.07. The van der Waals surface area contributed by atoms with Crippen LogP contribution in [0.3, 0.4) is 0 Å². The zero-order valence-corrected chi connectivity index (χ0v) is 12.2. The lowest BCUT2D eigenvalue weighted by molar-refractivity contribution is 0.138. The minimum Gasteiger partial charge on any atom is -0.301 e. The molecule has 0 aliphatic carbocycles. The molecule has 1 aliphatic rings. The number of rotatable bonds is 3. The van der Waals surface area contributed by atoms with Crippen LogP contribution in [0.5, 0.6) is 0 Å². The molecule has 1 unspecified atom stereocenters. The maximum Gasteiger partial charge on any atom is 0.271 e. The van der Waals surface area contributed by atoms with E-state index >= 15 is 0 Å². The average molecular weight is 274 g/mol. The lowest BCUT2D eigenvalue weighted by atomic mass is 9.94. The van der Waals surface area contributed by atoms with Gasteiger partial charge in [0.2, 0.25) is 0 Å². The summed E-state index contributed by atoms with van der Waals surface area (Å²) < 4.78 is 1.53. The second-order valence-electron chi connectivity index (χ2n) is 6.03. The van der Waals surface area contributed by atoms with Crippen LogP contribution >= 0.6 is 0 Å². The Labute approximate surface area is 118 Å². The number of likely N-dealkylation sites (tertiary alicyclic amines) is 1. The van der Waals surface area contributed by atoms with E-state index in [4.69, 9.17) is 0 Å². The van der Waals surface area contributed by atoms with Crippen LogP contribution in [-0.2, 0) is 6.42 Å². The summed E-state index contributed by atoms with van der Waals surface area (Å²) in [6.45, 7) is 6.84. The molecule has 108 valence electrons. The Morgan fingerprint density at radius 3 is 3.05 bits per heavy atom. The zero-order valence-electron chi connectivity index (χ0n) is 12.2. The molecule has 0 aromatic carbocycles. The van der Waals surface area contributed by atoms with E-state index in [1.165, 1.54) is 23.9 Å². The number of H-pyrrole nitrogens is 1. The van der Waals surface area contributed by atoms with Gasteiger partial charge in [0, 0.05) is 25.1 Å². The maximum atomic E-state index is 11.7. The Kier molecular flexibility index (Phi) is 3.61. The maximum absolute atomic E-state index is 11.7. The standard InChI is InChI=1S/C15H22N4O/c1-11(2)18-8-4-5-12(10-18)9-13-16-14-6-3-7-15(20)19(14)17-13/h3,6-7,11-12H,4-5,8-10H2,1-2H3,(H,16,17). The first kappa shape index (κ1) is 13.4. The molecule has 20 heavy (non-hydrogen) atoms. The van der Waals surface area contributed by atoms with Crippen LogP contribution in [0.4, 0.5) is 0 Å². The topological polar surface area (TPSA) is 53.4 Å². The van der Waals surface area contributed by atoms with Crippen LogP contribution in [0.1, 0.15) is 32.5 Å². The molecule has 0 spiro atoms. The van der Waals surface area contributed by atoms with Gasteiger partial charge in [-0.15, -0.1) is 0 Å². The summed E-state index contributed by atoms with van der Waals surface area (Å²) in [6.07, 6.45) is 3.42. The van der Waals surface area contributed by atoms with Crippen molar-refractivity contribution in [2.45, 2.75) is 39.2 Å². The molecule has 1 fully saturated rings. The van der Waals surface area contributed by atoms with E-state index < -0.39 is 0 Å². The van der Waals surface area contributed by atoms with E-state index in [0.29, 0.717) is 17.6 Å². The molecule has 0 bridgehead atoms. The first-order chi connectivity index (χ1) is 9.63. The van der Waals surface area contributed by atoms with Gasteiger partial charge in [-0.25, -0.2) is 9.50 Å². The van der Waals surface area contributed by atoms with Crippen molar-refractivity contribution in [2.75, 3.05) is 13.1 Å². The first-order valence-corrected chi connectivity index (χ1v) is 7.44. The fourth-order valence-electron chi connectivity index (χ4n) is 3.07. The number of aromatic amines is 1. The smallest absolute Gasteiger partial charge is 0.271 e. The molecule has 0 saturated carbocycles. The van der Waals surface area contributed by atoms with Gasteiger partial charge in [-0.1, -0.05) is 6.07 Å². The minimum atomic E-state index is -0.0475. The number of nitrogens with one attached hydrogen (secondary N) is 1. The van der Waals surface area contributed by atoms with Gasteiger partial charge in [-0.3, -0.25) is 9.89 Å². The monoisotopic (exact) mass is 274 g/mol. The Bertz CT molecular complexity index is 643. The summed E-state index contributed by atoms with van der Waals surface area (Å²) in [4.78, 5) is 18.8. The van der Waals surface area contributed by atoms with E-state index in [-0.39, 0.29) is 5.56 Å². The summed E-state index contributed by atoms with van der Waals surface area (Å²) in [5, 5.41) is 3.13. The second-order valence-corrected chi connectivity index (χ2v) is 6.03. The Hall–Kier alpha value is -1.62. The molecule has 2 aromatic rings. The molecule has 5 heteroatoms. The Morgan fingerprint density at radius 2 is 2.30 bits per heavy atom. The van der Waals surface area contributed by atoms with E-state index in [1.807, 2.05) is 6.07 Å². The van der Waals surface area contributed by atoms with E-state index in [2.05, 4.69) is 28.8 Å². The zero-order chi connectivity index (χ0) is 14.1. The SMILES string of the molecule is CC(C)N1CCCC(Cc2nc3cccc(=O)n3[nH]2)C1. The minimum absolute atomic E-state index is 0.0475. The van der Waals surface area contributed by atoms with Crippen LogP contribution in [0.2, 0.25) is 0 Å². The highest BCUT2D eigenvalue weighted by atomic mass is 16.1. The average Bonchev–Trinajstić information content (AvgIpc) is 2.83. The number of hydrogen-bond acceptors (Lipinski definition) is 3. The molecule has 1 saturated heterocycles. The molecule has 0 amide bonds. The fraction of sp³-hybridized carbons (Fsp3) is 0.600. The van der Waals surface area contributed by atoms with E-state index in [9.17, 15) is 4.79 Å². The van der Waals surface area contributed by atoms with Crippen LogP contribution < -0.4 is 5.56 Å². The highest BCUT2D eigenvalue weighted by Gasteiger charge is 2.22. The van der Waals surface area contributed by atoms with E-state index in [0.717, 1.165) is 18.8 Å². The number of aromatic nitrogens is 3. The first-order valence-electron chi connectivity index (χ1n) is 7.44. The van der Waals surface area contributed by atoms with Crippen LogP contribution in [0.15, 0.2) is 23.0 Å². The van der Waals surface area contributed by atoms with E-state index in [1.54, 1.807) is 12.1 Å². The molecule has 3 rings (SSSR count). The molecule has 3 heterocycles. The van der Waals surface area contributed by atoms with Crippen molar-refractivity contribution in [1.29, 1.82) is 0 Å². The van der Waals surface area contributed by atoms with Gasteiger partial charge in [-0.05, 0) is 45.2 Å². The molecule has 1 N–H and O–H groups in total. The van der Waals surface area contributed by atoms with Crippen LogP contribution in [0.25, 0.3) is 5.65 Å². The lowest BCUT2D eigenvalue weighted by Gasteiger charge is -2.35. The van der Waals surface area contributed by atoms with Crippen molar-refractivity contribution in [2.24, 2.45) is 5.92 Å². The molecule has 2 aromatic heterocycles. The predicted octanol–water partition coefficient (Wildman–Crippen LogP) is 1.69. The van der Waals surface area contributed by atoms with Crippen LogP contribution in [0, 0.1) is 5.92 Å². The number of pyridine rings is 1. The normalized spacial score (nSPS) is 20.9. The molecule has 5 nitrogen and oxygen atoms in total. The Morgan fingerprint density at radius 1 is 1.45 bits per heavy atom. The van der Waals surface area contributed by atoms with Gasteiger partial charge in [0.05, 0.1) is 0 Å². The molecular formula is C15H22N4O. The van der Waals surface area contributed by atoms with Gasteiger partial charge < -0.3 is 4.90 Å². The summed E-state index contributed by atoms with van der Waals surface area (Å²) in [5.41, 5.74) is 0.665. The number of nitrogens with zero attached hydrogens (tertiary/aromatic N) is 3. The van der Waals surface area contributed by atoms with Gasteiger partial charge in [0.25, 0.3) is 5.56 Å². The van der Waals surface area contributed by atoms with Crippen molar-refractivity contribution in [3.8, 4) is 0 Å². The van der Waals surface area contributed by atoms with Gasteiger partial charge in [0.1, 0.15) is 5.82 Å². The van der Waals surface area contributed by atoms with Gasteiger partial charge >= 0.3 is 0 Å². The third-order valence-electron chi connectivity index (χ3n) is 4.19. The van der Waals surface area contributed by atoms with Crippen molar-refractivity contribution < 1.29 is 0 Å². The summed E-state index contributed by atoms with van der Waals surface area (Å²) in [5.74, 6) is 1.55. The largest absolute Gasteiger partial charge is 0.301 e. The summed E-state index contributed by atoms with van der Waals surface area (Å²) >= 11 is 0. The third-order valence-corrected chi connectivity index (χ3v) is 4.19. The Balaban J connectivity index is 1.76. The molecule has 0 radical (unpaired) electrons. The van der Waals surface area contributed by atoms with Crippen molar-refractivity contribution in [3.05, 3.63) is 34.4 Å². The number of piperidine rings is 1. The van der Waals surface area contributed by atoms with Gasteiger partial charge in [0.15, 0.2) is 5.65 Å². The molecule has 1 atom stereocenters. The summed E-state index contributed by atoms with van der Waals surface area (Å²) in [7, 11) is 0. The molecular weight excluding hydrogens is 252 g/mol. The second kappa shape index (κ2) is 5.40. The van der Waals surface area contributed by atoms with Crippen molar-refractivity contribution >= 4 is 5.65 Å². The lowest BCUT2D eigenvalue weighted by Crippen LogP contribution is -2.40.